The Morgan fingerprint density at radius 2 is 2.00 bits per heavy atom. The molecule has 0 amide bonds. The molecule has 2 aromatic heterocycles. The third-order valence-electron chi connectivity index (χ3n) is 3.97. The molecule has 0 saturated heterocycles. The molecule has 1 atom stereocenters. The van der Waals surface area contributed by atoms with Gasteiger partial charge < -0.3 is 19.6 Å². The summed E-state index contributed by atoms with van der Waals surface area (Å²) in [5.74, 6) is 2.58. The fourth-order valence-electron chi connectivity index (χ4n) is 2.81. The number of para-hydroxylation sites is 2. The standard InChI is InChI=1S/C17H24N6O/c1-4-9-22-13(3)20-21-16(22)11-23-15-8-6-5-7-14(15)19-17(23)18-10-12(2)24/h5-8,12,24H,4,9-11H2,1-3H3,(H,18,19). The summed E-state index contributed by atoms with van der Waals surface area (Å²) in [4.78, 5) is 4.65. The maximum atomic E-state index is 9.56. The van der Waals surface area contributed by atoms with Gasteiger partial charge in [0.15, 0.2) is 5.82 Å². The zero-order chi connectivity index (χ0) is 17.1. The zero-order valence-electron chi connectivity index (χ0n) is 14.4. The summed E-state index contributed by atoms with van der Waals surface area (Å²) >= 11 is 0. The van der Waals surface area contributed by atoms with E-state index in [-0.39, 0.29) is 0 Å². The van der Waals surface area contributed by atoms with Gasteiger partial charge in [-0.1, -0.05) is 19.1 Å². The minimum atomic E-state index is -0.441. The average Bonchev–Trinajstić information content (AvgIpc) is 3.09. The zero-order valence-corrected chi connectivity index (χ0v) is 14.4. The molecule has 2 heterocycles. The van der Waals surface area contributed by atoms with Crippen LogP contribution in [0.4, 0.5) is 5.95 Å². The van der Waals surface area contributed by atoms with E-state index in [1.54, 1.807) is 6.92 Å². The second kappa shape index (κ2) is 7.00. The molecule has 128 valence electrons. The summed E-state index contributed by atoms with van der Waals surface area (Å²) in [7, 11) is 0. The van der Waals surface area contributed by atoms with E-state index in [9.17, 15) is 5.11 Å². The number of rotatable bonds is 7. The average molecular weight is 328 g/mol. The lowest BCUT2D eigenvalue weighted by Gasteiger charge is -2.13. The number of benzene rings is 1. The molecular weight excluding hydrogens is 304 g/mol. The van der Waals surface area contributed by atoms with Gasteiger partial charge in [0, 0.05) is 13.1 Å². The highest BCUT2D eigenvalue weighted by atomic mass is 16.3. The molecular formula is C17H24N6O. The van der Waals surface area contributed by atoms with Gasteiger partial charge in [-0.2, -0.15) is 0 Å². The molecule has 0 aliphatic carbocycles. The van der Waals surface area contributed by atoms with E-state index < -0.39 is 6.10 Å². The number of hydrogen-bond acceptors (Lipinski definition) is 5. The number of hydrogen-bond donors (Lipinski definition) is 2. The molecule has 0 aliphatic heterocycles. The molecule has 0 fully saturated rings. The molecule has 0 saturated carbocycles. The second-order valence-corrected chi connectivity index (χ2v) is 6.06. The van der Waals surface area contributed by atoms with Crippen molar-refractivity contribution in [3.63, 3.8) is 0 Å². The summed E-state index contributed by atoms with van der Waals surface area (Å²) in [5, 5.41) is 21.3. The SMILES string of the molecule is CCCn1c(C)nnc1Cn1c(NCC(C)O)nc2ccccc21. The van der Waals surface area contributed by atoms with Gasteiger partial charge >= 0.3 is 0 Å². The van der Waals surface area contributed by atoms with Crippen molar-refractivity contribution in [2.45, 2.75) is 46.4 Å². The van der Waals surface area contributed by atoms with E-state index in [1.807, 2.05) is 31.2 Å². The maximum Gasteiger partial charge on any atom is 0.204 e. The van der Waals surface area contributed by atoms with E-state index in [1.165, 1.54) is 0 Å². The molecule has 3 rings (SSSR count). The van der Waals surface area contributed by atoms with Crippen LogP contribution in [-0.2, 0) is 13.1 Å². The predicted molar refractivity (Wildman–Crippen MR) is 94.1 cm³/mol. The van der Waals surface area contributed by atoms with E-state index in [0.717, 1.165) is 41.6 Å². The number of anilines is 1. The lowest BCUT2D eigenvalue weighted by Crippen LogP contribution is -2.19. The number of fused-ring (bicyclic) bond motifs is 1. The molecule has 7 nitrogen and oxygen atoms in total. The minimum Gasteiger partial charge on any atom is -0.392 e. The number of nitrogens with zero attached hydrogens (tertiary/aromatic N) is 5. The van der Waals surface area contributed by atoms with Crippen LogP contribution in [0.1, 0.15) is 31.9 Å². The highest BCUT2D eigenvalue weighted by Crippen LogP contribution is 2.21. The number of aliphatic hydroxyl groups is 1. The van der Waals surface area contributed by atoms with Gasteiger partial charge in [0.25, 0.3) is 0 Å². The molecule has 0 aliphatic rings. The highest BCUT2D eigenvalue weighted by molar-refractivity contribution is 5.78. The second-order valence-electron chi connectivity index (χ2n) is 6.06. The van der Waals surface area contributed by atoms with Crippen LogP contribution >= 0.6 is 0 Å². The summed E-state index contributed by atoms with van der Waals surface area (Å²) in [5.41, 5.74) is 1.96. The molecule has 0 spiro atoms. The predicted octanol–water partition coefficient (Wildman–Crippen LogP) is 2.19. The van der Waals surface area contributed by atoms with Crippen LogP contribution in [0.15, 0.2) is 24.3 Å². The summed E-state index contributed by atoms with van der Waals surface area (Å²) in [6.07, 6.45) is 0.591. The molecule has 1 unspecified atom stereocenters. The smallest absolute Gasteiger partial charge is 0.204 e. The Morgan fingerprint density at radius 3 is 2.75 bits per heavy atom. The largest absolute Gasteiger partial charge is 0.392 e. The third-order valence-corrected chi connectivity index (χ3v) is 3.97. The summed E-state index contributed by atoms with van der Waals surface area (Å²) < 4.78 is 4.24. The van der Waals surface area contributed by atoms with E-state index in [4.69, 9.17) is 0 Å². The van der Waals surface area contributed by atoms with Crippen LogP contribution in [0.25, 0.3) is 11.0 Å². The van der Waals surface area contributed by atoms with Crippen LogP contribution < -0.4 is 5.32 Å². The third kappa shape index (κ3) is 3.26. The monoisotopic (exact) mass is 328 g/mol. The molecule has 0 radical (unpaired) electrons. The molecule has 0 bridgehead atoms. The van der Waals surface area contributed by atoms with Gasteiger partial charge in [-0.15, -0.1) is 10.2 Å². The lowest BCUT2D eigenvalue weighted by atomic mass is 10.3. The van der Waals surface area contributed by atoms with Gasteiger partial charge in [0.1, 0.15) is 5.82 Å². The summed E-state index contributed by atoms with van der Waals surface area (Å²) in [6, 6.07) is 8.01. The molecule has 1 aromatic carbocycles. The lowest BCUT2D eigenvalue weighted by molar-refractivity contribution is 0.208. The molecule has 24 heavy (non-hydrogen) atoms. The van der Waals surface area contributed by atoms with Crippen LogP contribution in [0, 0.1) is 6.92 Å². The Bertz CT molecular complexity index is 820. The minimum absolute atomic E-state index is 0.441. The topological polar surface area (TPSA) is 80.8 Å². The van der Waals surface area contributed by atoms with Crippen molar-refractivity contribution in [3.8, 4) is 0 Å². The van der Waals surface area contributed by atoms with Crippen molar-refractivity contribution in [2.24, 2.45) is 0 Å². The van der Waals surface area contributed by atoms with Crippen LogP contribution in [0.5, 0.6) is 0 Å². The number of aryl methyl sites for hydroxylation is 1. The van der Waals surface area contributed by atoms with Crippen LogP contribution in [0.2, 0.25) is 0 Å². The van der Waals surface area contributed by atoms with Crippen molar-refractivity contribution in [3.05, 3.63) is 35.9 Å². The fourth-order valence-corrected chi connectivity index (χ4v) is 2.81. The quantitative estimate of drug-likeness (QED) is 0.695. The molecule has 2 N–H and O–H groups in total. The van der Waals surface area contributed by atoms with Crippen molar-refractivity contribution < 1.29 is 5.11 Å². The first-order valence-corrected chi connectivity index (χ1v) is 8.36. The number of nitrogens with one attached hydrogen (secondary N) is 1. The van der Waals surface area contributed by atoms with E-state index in [2.05, 4.69) is 36.6 Å². The van der Waals surface area contributed by atoms with Gasteiger partial charge in [-0.05, 0) is 32.4 Å². The highest BCUT2D eigenvalue weighted by Gasteiger charge is 2.15. The first-order valence-electron chi connectivity index (χ1n) is 8.36. The Morgan fingerprint density at radius 1 is 1.21 bits per heavy atom. The van der Waals surface area contributed by atoms with Gasteiger partial charge in [-0.3, -0.25) is 0 Å². The molecule has 7 heteroatoms. The Balaban J connectivity index is 1.99. The van der Waals surface area contributed by atoms with Crippen LogP contribution in [-0.4, -0.2) is 42.1 Å². The van der Waals surface area contributed by atoms with Crippen LogP contribution in [0.3, 0.4) is 0 Å². The van der Waals surface area contributed by atoms with E-state index >= 15 is 0 Å². The first-order chi connectivity index (χ1) is 11.6. The van der Waals surface area contributed by atoms with Gasteiger partial charge in [0.2, 0.25) is 5.95 Å². The number of aliphatic hydroxyl groups excluding tert-OH is 1. The summed E-state index contributed by atoms with van der Waals surface area (Å²) in [6.45, 7) is 7.81. The number of aromatic nitrogens is 5. The van der Waals surface area contributed by atoms with Crippen molar-refractivity contribution in [1.82, 2.24) is 24.3 Å². The van der Waals surface area contributed by atoms with E-state index in [0.29, 0.717) is 13.1 Å². The van der Waals surface area contributed by atoms with Crippen molar-refractivity contribution in [2.75, 3.05) is 11.9 Å². The Hall–Kier alpha value is -2.41. The Labute approximate surface area is 141 Å². The molecule has 3 aromatic rings. The van der Waals surface area contributed by atoms with Gasteiger partial charge in [0.05, 0.1) is 23.7 Å². The normalized spacial score (nSPS) is 12.7. The fraction of sp³-hybridized carbons (Fsp3) is 0.471. The Kier molecular flexibility index (Phi) is 4.80. The van der Waals surface area contributed by atoms with Crippen molar-refractivity contribution in [1.29, 1.82) is 0 Å². The first kappa shape index (κ1) is 16.4. The number of imidazole rings is 1. The van der Waals surface area contributed by atoms with Crippen molar-refractivity contribution >= 4 is 17.0 Å². The maximum absolute atomic E-state index is 9.56. The van der Waals surface area contributed by atoms with Gasteiger partial charge in [-0.25, -0.2) is 4.98 Å².